The Morgan fingerprint density at radius 2 is 1.95 bits per heavy atom. The molecule has 3 fully saturated rings. The molecule has 0 spiro atoms. The van der Waals surface area contributed by atoms with Crippen molar-refractivity contribution >= 4 is 18.3 Å². The van der Waals surface area contributed by atoms with Gasteiger partial charge in [-0.25, -0.2) is 0 Å². The number of ether oxygens (including phenoxy) is 1. The third-order valence-electron chi connectivity index (χ3n) is 5.26. The molecule has 3 rings (SSSR count). The molecule has 0 aromatic carbocycles. The van der Waals surface area contributed by atoms with E-state index in [4.69, 9.17) is 10.5 Å². The number of carbonyl (C=O) groups is 1. The largest absolute Gasteiger partial charge is 0.379 e. The van der Waals surface area contributed by atoms with Crippen molar-refractivity contribution in [3.63, 3.8) is 0 Å². The number of rotatable bonds is 6. The van der Waals surface area contributed by atoms with Crippen molar-refractivity contribution in [1.29, 1.82) is 0 Å². The van der Waals surface area contributed by atoms with Crippen molar-refractivity contribution in [3.8, 4) is 0 Å². The molecule has 4 nitrogen and oxygen atoms in total. The predicted octanol–water partition coefficient (Wildman–Crippen LogP) is 1.67. The van der Waals surface area contributed by atoms with Crippen molar-refractivity contribution < 1.29 is 9.53 Å². The van der Waals surface area contributed by atoms with Gasteiger partial charge in [-0.15, -0.1) is 12.4 Å². The van der Waals surface area contributed by atoms with Crippen molar-refractivity contribution in [2.24, 2.45) is 29.4 Å². The molecular weight excluding hydrogens is 276 g/mol. The number of likely N-dealkylation sites (N-methyl/N-ethyl adjacent to an activating group) is 1. The topological polar surface area (TPSA) is 55.6 Å². The maximum Gasteiger partial charge on any atom is 0.227 e. The molecule has 0 saturated heterocycles. The lowest BCUT2D eigenvalue weighted by Gasteiger charge is -2.30. The van der Waals surface area contributed by atoms with Gasteiger partial charge in [-0.2, -0.15) is 0 Å². The zero-order valence-electron chi connectivity index (χ0n) is 12.3. The molecule has 1 amide bonds. The third-order valence-corrected chi connectivity index (χ3v) is 5.26. The summed E-state index contributed by atoms with van der Waals surface area (Å²) in [7, 11) is 1.89. The number of amides is 1. The van der Waals surface area contributed by atoms with Crippen LogP contribution in [-0.2, 0) is 9.53 Å². The Balaban J connectivity index is 0.00000147. The molecule has 5 heteroatoms. The van der Waals surface area contributed by atoms with Gasteiger partial charge in [-0.05, 0) is 49.9 Å². The molecule has 3 aliphatic carbocycles. The van der Waals surface area contributed by atoms with Gasteiger partial charge in [0, 0.05) is 26.2 Å². The summed E-state index contributed by atoms with van der Waals surface area (Å²) < 4.78 is 5.60. The first kappa shape index (κ1) is 16.1. The Kier molecular flexibility index (Phi) is 5.32. The fourth-order valence-electron chi connectivity index (χ4n) is 3.80. The second kappa shape index (κ2) is 6.63. The van der Waals surface area contributed by atoms with Crippen LogP contribution < -0.4 is 5.73 Å². The van der Waals surface area contributed by atoms with Gasteiger partial charge in [0.05, 0.1) is 12.5 Å². The fraction of sp³-hybridized carbons (Fsp3) is 0.933. The summed E-state index contributed by atoms with van der Waals surface area (Å²) in [4.78, 5) is 14.3. The molecule has 2 N–H and O–H groups in total. The lowest BCUT2D eigenvalue weighted by Crippen LogP contribution is -2.46. The Bertz CT molecular complexity index is 347. The van der Waals surface area contributed by atoms with Crippen LogP contribution in [0.25, 0.3) is 0 Å². The van der Waals surface area contributed by atoms with Gasteiger partial charge in [0.1, 0.15) is 0 Å². The molecule has 4 atom stereocenters. The molecule has 2 bridgehead atoms. The second-order valence-electron chi connectivity index (χ2n) is 6.71. The van der Waals surface area contributed by atoms with E-state index in [1.165, 1.54) is 32.1 Å². The van der Waals surface area contributed by atoms with E-state index in [-0.39, 0.29) is 30.3 Å². The van der Waals surface area contributed by atoms with Crippen molar-refractivity contribution in [2.75, 3.05) is 26.8 Å². The highest BCUT2D eigenvalue weighted by atomic mass is 35.5. The van der Waals surface area contributed by atoms with Gasteiger partial charge >= 0.3 is 0 Å². The average Bonchev–Trinajstić information content (AvgIpc) is 3.02. The van der Waals surface area contributed by atoms with Crippen LogP contribution in [0.1, 0.15) is 32.1 Å². The number of hydrogen-bond donors (Lipinski definition) is 1. The summed E-state index contributed by atoms with van der Waals surface area (Å²) >= 11 is 0. The first-order valence-corrected chi connectivity index (χ1v) is 7.75. The molecule has 0 heterocycles. The Hall–Kier alpha value is -0.320. The number of hydrogen-bond acceptors (Lipinski definition) is 3. The van der Waals surface area contributed by atoms with E-state index in [1.54, 1.807) is 0 Å². The van der Waals surface area contributed by atoms with E-state index in [2.05, 4.69) is 0 Å². The average molecular weight is 303 g/mol. The van der Waals surface area contributed by atoms with Gasteiger partial charge in [0.15, 0.2) is 0 Å². The van der Waals surface area contributed by atoms with Gasteiger partial charge in [0.25, 0.3) is 0 Å². The van der Waals surface area contributed by atoms with Crippen molar-refractivity contribution in [2.45, 2.75) is 38.1 Å². The van der Waals surface area contributed by atoms with E-state index in [1.807, 2.05) is 11.9 Å². The Morgan fingerprint density at radius 1 is 1.25 bits per heavy atom. The van der Waals surface area contributed by atoms with E-state index in [0.29, 0.717) is 25.0 Å². The molecule has 0 radical (unpaired) electrons. The third kappa shape index (κ3) is 3.29. The summed E-state index contributed by atoms with van der Waals surface area (Å²) in [5, 5.41) is 0. The number of nitrogens with zero attached hydrogens (tertiary/aromatic N) is 1. The second-order valence-corrected chi connectivity index (χ2v) is 6.71. The van der Waals surface area contributed by atoms with Crippen LogP contribution in [0.5, 0.6) is 0 Å². The quantitative estimate of drug-likeness (QED) is 0.759. The fourth-order valence-corrected chi connectivity index (χ4v) is 3.80. The summed E-state index contributed by atoms with van der Waals surface area (Å²) in [6.45, 7) is 2.23. The van der Waals surface area contributed by atoms with Gasteiger partial charge in [0.2, 0.25) is 5.91 Å². The van der Waals surface area contributed by atoms with Crippen LogP contribution in [0.15, 0.2) is 0 Å². The highest BCUT2D eigenvalue weighted by molar-refractivity contribution is 5.85. The first-order chi connectivity index (χ1) is 9.16. The van der Waals surface area contributed by atoms with Crippen molar-refractivity contribution in [3.05, 3.63) is 0 Å². The lowest BCUT2D eigenvalue weighted by atomic mass is 9.84. The first-order valence-electron chi connectivity index (χ1n) is 7.75. The summed E-state index contributed by atoms with van der Waals surface area (Å²) in [5.74, 6) is 2.25. The SMILES string of the molecule is CN(CCOCC1CC1)C(=O)C1C2CCC(C2)C1N.Cl. The molecular formula is C15H27ClN2O2. The molecule has 116 valence electrons. The number of nitrogens with two attached hydrogens (primary N) is 1. The molecule has 3 saturated carbocycles. The zero-order chi connectivity index (χ0) is 13.4. The molecule has 0 aromatic rings. The monoisotopic (exact) mass is 302 g/mol. The van der Waals surface area contributed by atoms with E-state index >= 15 is 0 Å². The molecule has 0 aromatic heterocycles. The van der Waals surface area contributed by atoms with Gasteiger partial charge in [-0.1, -0.05) is 0 Å². The van der Waals surface area contributed by atoms with Crippen LogP contribution in [0.2, 0.25) is 0 Å². The Labute approximate surface area is 127 Å². The highest BCUT2D eigenvalue weighted by Gasteiger charge is 2.49. The molecule has 0 aliphatic heterocycles. The highest BCUT2D eigenvalue weighted by Crippen LogP contribution is 2.48. The lowest BCUT2D eigenvalue weighted by molar-refractivity contribution is -0.137. The van der Waals surface area contributed by atoms with Gasteiger partial charge in [-0.3, -0.25) is 4.79 Å². The Morgan fingerprint density at radius 3 is 2.55 bits per heavy atom. The summed E-state index contributed by atoms with van der Waals surface area (Å²) in [5.41, 5.74) is 6.23. The molecule has 20 heavy (non-hydrogen) atoms. The van der Waals surface area contributed by atoms with E-state index in [9.17, 15) is 4.79 Å². The summed E-state index contributed by atoms with van der Waals surface area (Å²) in [6.07, 6.45) is 6.22. The standard InChI is InChI=1S/C15H26N2O2.ClH/c1-17(6-7-19-9-10-2-3-10)15(18)13-11-4-5-12(8-11)14(13)16;/h10-14H,2-9,16H2,1H3;1H. The smallest absolute Gasteiger partial charge is 0.227 e. The minimum absolute atomic E-state index is 0. The number of fused-ring (bicyclic) bond motifs is 2. The predicted molar refractivity (Wildman–Crippen MR) is 80.7 cm³/mol. The number of carbonyl (C=O) groups excluding carboxylic acids is 1. The minimum Gasteiger partial charge on any atom is -0.379 e. The van der Waals surface area contributed by atoms with Crippen LogP contribution >= 0.6 is 12.4 Å². The number of halogens is 1. The van der Waals surface area contributed by atoms with Crippen molar-refractivity contribution in [1.82, 2.24) is 4.90 Å². The maximum atomic E-state index is 12.5. The van der Waals surface area contributed by atoms with E-state index < -0.39 is 0 Å². The van der Waals surface area contributed by atoms with Crippen LogP contribution in [-0.4, -0.2) is 43.7 Å². The normalized spacial score (nSPS) is 34.9. The van der Waals surface area contributed by atoms with Crippen LogP contribution in [0.4, 0.5) is 0 Å². The minimum atomic E-state index is 0. The van der Waals surface area contributed by atoms with Crippen LogP contribution in [0.3, 0.4) is 0 Å². The summed E-state index contributed by atoms with van der Waals surface area (Å²) in [6, 6.07) is 0.0982. The van der Waals surface area contributed by atoms with Gasteiger partial charge < -0.3 is 15.4 Å². The molecule has 4 unspecified atom stereocenters. The molecule has 3 aliphatic rings. The maximum absolute atomic E-state index is 12.5. The van der Waals surface area contributed by atoms with E-state index in [0.717, 1.165) is 12.5 Å². The van der Waals surface area contributed by atoms with Crippen LogP contribution in [0, 0.1) is 23.7 Å². The zero-order valence-corrected chi connectivity index (χ0v) is 13.1.